The molecule has 0 bridgehead atoms. The van der Waals surface area contributed by atoms with Crippen LogP contribution in [0.4, 0.5) is 0 Å². The summed E-state index contributed by atoms with van der Waals surface area (Å²) in [6.07, 6.45) is 3.30. The molecule has 0 saturated heterocycles. The fourth-order valence-corrected chi connectivity index (χ4v) is 1.88. The van der Waals surface area contributed by atoms with Crippen LogP contribution in [0, 0.1) is 0 Å². The molecule has 15 heavy (non-hydrogen) atoms. The largest absolute Gasteiger partial charge is 0.289 e. The van der Waals surface area contributed by atoms with Crippen LogP contribution in [0.5, 0.6) is 0 Å². The number of nitrogens with one attached hydrogen (secondary N) is 1. The summed E-state index contributed by atoms with van der Waals surface area (Å²) < 4.78 is 0. The highest BCUT2D eigenvalue weighted by Gasteiger charge is 2.21. The Balaban J connectivity index is 2.41. The van der Waals surface area contributed by atoms with E-state index in [4.69, 9.17) is 0 Å². The highest BCUT2D eigenvalue weighted by atomic mass is 32.2. The van der Waals surface area contributed by atoms with Gasteiger partial charge < -0.3 is 0 Å². The summed E-state index contributed by atoms with van der Waals surface area (Å²) in [5, 5.41) is 2.23. The van der Waals surface area contributed by atoms with Crippen molar-refractivity contribution in [3.05, 3.63) is 35.9 Å². The van der Waals surface area contributed by atoms with Crippen LogP contribution in [0.25, 0.3) is 5.57 Å². The number of carbonyl (C=O) groups excluding carboxylic acids is 2. The Morgan fingerprint density at radius 1 is 1.27 bits per heavy atom. The number of hydrogen-bond acceptors (Lipinski definition) is 3. The minimum absolute atomic E-state index is 0.321. The minimum Gasteiger partial charge on any atom is -0.289 e. The van der Waals surface area contributed by atoms with Crippen molar-refractivity contribution in [2.24, 2.45) is 0 Å². The van der Waals surface area contributed by atoms with E-state index in [1.165, 1.54) is 6.08 Å². The standard InChI is InChI=1S/C11H9NO2S/c1-15-8-4-2-3-7(5-8)9-6-10(13)12-11(9)14/h2-6H,1H3,(H,12,13,14). The first-order valence-corrected chi connectivity index (χ1v) is 5.64. The van der Waals surface area contributed by atoms with Crippen LogP contribution < -0.4 is 5.32 Å². The number of rotatable bonds is 2. The van der Waals surface area contributed by atoms with E-state index in [2.05, 4.69) is 5.32 Å². The second kappa shape index (κ2) is 3.90. The van der Waals surface area contributed by atoms with Gasteiger partial charge in [0.1, 0.15) is 0 Å². The Hall–Kier alpha value is -1.55. The molecule has 2 amide bonds. The van der Waals surface area contributed by atoms with Gasteiger partial charge in [0.2, 0.25) is 0 Å². The minimum atomic E-state index is -0.343. The maximum atomic E-state index is 11.4. The molecule has 1 aliphatic rings. The molecular weight excluding hydrogens is 210 g/mol. The second-order valence-electron chi connectivity index (χ2n) is 3.11. The van der Waals surface area contributed by atoms with Gasteiger partial charge in [-0.05, 0) is 24.0 Å². The number of amides is 2. The highest BCUT2D eigenvalue weighted by Crippen LogP contribution is 2.23. The van der Waals surface area contributed by atoms with E-state index in [1.807, 2.05) is 30.5 Å². The van der Waals surface area contributed by atoms with Gasteiger partial charge in [0.15, 0.2) is 0 Å². The summed E-state index contributed by atoms with van der Waals surface area (Å²) in [6.45, 7) is 0. The lowest BCUT2D eigenvalue weighted by Gasteiger charge is -2.02. The molecule has 1 N–H and O–H groups in total. The van der Waals surface area contributed by atoms with Crippen molar-refractivity contribution >= 4 is 29.1 Å². The van der Waals surface area contributed by atoms with Crippen LogP contribution in [-0.4, -0.2) is 18.1 Å². The van der Waals surface area contributed by atoms with Gasteiger partial charge in [-0.25, -0.2) is 0 Å². The molecule has 0 aliphatic carbocycles. The molecule has 0 aromatic heterocycles. The van der Waals surface area contributed by atoms with E-state index in [0.29, 0.717) is 5.57 Å². The molecule has 1 aromatic carbocycles. The van der Waals surface area contributed by atoms with Crippen molar-refractivity contribution in [2.75, 3.05) is 6.26 Å². The summed E-state index contributed by atoms with van der Waals surface area (Å²) in [7, 11) is 0. The fourth-order valence-electron chi connectivity index (χ4n) is 1.42. The monoisotopic (exact) mass is 219 g/mol. The number of thioether (sulfide) groups is 1. The van der Waals surface area contributed by atoms with Gasteiger partial charge in [-0.15, -0.1) is 11.8 Å². The molecule has 3 nitrogen and oxygen atoms in total. The Bertz CT molecular complexity index is 465. The Labute approximate surface area is 91.6 Å². The Kier molecular flexibility index (Phi) is 2.60. The molecule has 4 heteroatoms. The van der Waals surface area contributed by atoms with E-state index >= 15 is 0 Å². The smallest absolute Gasteiger partial charge is 0.258 e. The zero-order chi connectivity index (χ0) is 10.8. The third-order valence-corrected chi connectivity index (χ3v) is 2.86. The number of imide groups is 1. The molecule has 1 aromatic rings. The topological polar surface area (TPSA) is 46.2 Å². The van der Waals surface area contributed by atoms with Crippen LogP contribution in [0.1, 0.15) is 5.56 Å². The Morgan fingerprint density at radius 2 is 2.07 bits per heavy atom. The van der Waals surface area contributed by atoms with E-state index in [9.17, 15) is 9.59 Å². The summed E-state index contributed by atoms with van der Waals surface area (Å²) >= 11 is 1.60. The zero-order valence-electron chi connectivity index (χ0n) is 8.11. The van der Waals surface area contributed by atoms with Crippen LogP contribution >= 0.6 is 11.8 Å². The van der Waals surface area contributed by atoms with Gasteiger partial charge in [0.25, 0.3) is 11.8 Å². The lowest BCUT2D eigenvalue weighted by Crippen LogP contribution is -2.21. The Morgan fingerprint density at radius 3 is 2.67 bits per heavy atom. The van der Waals surface area contributed by atoms with Crippen molar-refractivity contribution in [1.29, 1.82) is 0 Å². The first-order chi connectivity index (χ1) is 7.20. The fraction of sp³-hybridized carbons (Fsp3) is 0.0909. The summed E-state index contributed by atoms with van der Waals surface area (Å²) in [5.41, 5.74) is 1.22. The normalized spacial score (nSPS) is 15.1. The average molecular weight is 219 g/mol. The molecule has 0 atom stereocenters. The number of carbonyl (C=O) groups is 2. The van der Waals surface area contributed by atoms with Crippen molar-refractivity contribution in [3.63, 3.8) is 0 Å². The van der Waals surface area contributed by atoms with Crippen LogP contribution in [0.15, 0.2) is 35.2 Å². The van der Waals surface area contributed by atoms with Gasteiger partial charge in [0, 0.05) is 11.0 Å². The van der Waals surface area contributed by atoms with E-state index < -0.39 is 0 Å². The van der Waals surface area contributed by atoms with E-state index in [0.717, 1.165) is 10.5 Å². The van der Waals surface area contributed by atoms with Gasteiger partial charge >= 0.3 is 0 Å². The first-order valence-electron chi connectivity index (χ1n) is 4.42. The SMILES string of the molecule is CSc1cccc(C2=CC(=O)NC2=O)c1. The van der Waals surface area contributed by atoms with Crippen molar-refractivity contribution in [2.45, 2.75) is 4.90 Å². The maximum Gasteiger partial charge on any atom is 0.258 e. The third kappa shape index (κ3) is 1.94. The van der Waals surface area contributed by atoms with Crippen molar-refractivity contribution in [3.8, 4) is 0 Å². The molecule has 0 spiro atoms. The number of benzene rings is 1. The summed E-state index contributed by atoms with van der Waals surface area (Å²) in [6, 6.07) is 7.56. The quantitative estimate of drug-likeness (QED) is 0.605. The van der Waals surface area contributed by atoms with Gasteiger partial charge in [0.05, 0.1) is 5.57 Å². The van der Waals surface area contributed by atoms with Crippen LogP contribution in [0.3, 0.4) is 0 Å². The predicted octanol–water partition coefficient (Wildman–Crippen LogP) is 1.45. The lowest BCUT2D eigenvalue weighted by molar-refractivity contribution is -0.123. The molecular formula is C11H9NO2S. The molecule has 0 fully saturated rings. The van der Waals surface area contributed by atoms with Crippen molar-refractivity contribution < 1.29 is 9.59 Å². The van der Waals surface area contributed by atoms with E-state index in [1.54, 1.807) is 11.8 Å². The van der Waals surface area contributed by atoms with Gasteiger partial charge in [-0.1, -0.05) is 12.1 Å². The number of hydrogen-bond donors (Lipinski definition) is 1. The molecule has 0 saturated carbocycles. The summed E-state index contributed by atoms with van der Waals surface area (Å²) in [4.78, 5) is 23.4. The molecule has 0 unspecified atom stereocenters. The third-order valence-electron chi connectivity index (χ3n) is 2.14. The zero-order valence-corrected chi connectivity index (χ0v) is 8.93. The summed E-state index contributed by atoms with van der Waals surface area (Å²) in [5.74, 6) is -0.664. The lowest BCUT2D eigenvalue weighted by atomic mass is 10.1. The molecule has 2 rings (SSSR count). The van der Waals surface area contributed by atoms with Gasteiger partial charge in [-0.3, -0.25) is 14.9 Å². The van der Waals surface area contributed by atoms with Gasteiger partial charge in [-0.2, -0.15) is 0 Å². The molecule has 0 radical (unpaired) electrons. The van der Waals surface area contributed by atoms with Crippen LogP contribution in [-0.2, 0) is 9.59 Å². The molecule has 76 valence electrons. The van der Waals surface area contributed by atoms with Crippen molar-refractivity contribution in [1.82, 2.24) is 5.32 Å². The molecule has 1 aliphatic heterocycles. The predicted molar refractivity (Wildman–Crippen MR) is 59.3 cm³/mol. The first kappa shape index (κ1) is 9.98. The highest BCUT2D eigenvalue weighted by molar-refractivity contribution is 7.98. The van der Waals surface area contributed by atoms with Crippen LogP contribution in [0.2, 0.25) is 0 Å². The average Bonchev–Trinajstić information content (AvgIpc) is 2.58. The second-order valence-corrected chi connectivity index (χ2v) is 3.99. The van der Waals surface area contributed by atoms with E-state index in [-0.39, 0.29) is 11.8 Å². The molecule has 1 heterocycles. The maximum absolute atomic E-state index is 11.4.